The summed E-state index contributed by atoms with van der Waals surface area (Å²) in [7, 11) is 1.74. The van der Waals surface area contributed by atoms with Crippen molar-refractivity contribution in [2.24, 2.45) is 5.92 Å². The van der Waals surface area contributed by atoms with E-state index in [2.05, 4.69) is 48.3 Å². The molecule has 1 aliphatic rings. The zero-order chi connectivity index (χ0) is 14.4. The Bertz CT molecular complexity index is 402. The van der Waals surface area contributed by atoms with Crippen molar-refractivity contribution >= 4 is 5.69 Å². The van der Waals surface area contributed by atoms with E-state index in [4.69, 9.17) is 4.74 Å². The van der Waals surface area contributed by atoms with Crippen LogP contribution in [0.5, 0.6) is 0 Å². The number of para-hydroxylation sites is 1. The molecule has 0 aromatic heterocycles. The minimum absolute atomic E-state index is 0.552. The maximum Gasteiger partial charge on any atom is 0.0587 e. The number of nitrogens with one attached hydrogen (secondary N) is 1. The number of ether oxygens (including phenoxy) is 1. The molecule has 0 heterocycles. The summed E-state index contributed by atoms with van der Waals surface area (Å²) in [5.74, 6) is 0.909. The molecule has 0 atom stereocenters. The van der Waals surface area contributed by atoms with Crippen LogP contribution in [0.4, 0.5) is 5.69 Å². The summed E-state index contributed by atoms with van der Waals surface area (Å²) < 4.78 is 5.08. The largest absolute Gasteiger partial charge is 0.383 e. The van der Waals surface area contributed by atoms with E-state index in [-0.39, 0.29) is 0 Å². The molecule has 1 saturated carbocycles. The quantitative estimate of drug-likeness (QED) is 0.702. The van der Waals surface area contributed by atoms with E-state index >= 15 is 0 Å². The molecule has 0 bridgehead atoms. The van der Waals surface area contributed by atoms with Gasteiger partial charge in [0.2, 0.25) is 0 Å². The molecule has 0 radical (unpaired) electrons. The third kappa shape index (κ3) is 4.50. The van der Waals surface area contributed by atoms with E-state index in [1.54, 1.807) is 7.11 Å². The van der Waals surface area contributed by atoms with Gasteiger partial charge in [0.15, 0.2) is 0 Å². The predicted molar refractivity (Wildman–Crippen MR) is 85.2 cm³/mol. The average Bonchev–Trinajstić information content (AvgIpc) is 3.25. The Hall–Kier alpha value is -1.06. The molecule has 2 rings (SSSR count). The standard InChI is InChI=1S/C17H28N2O/c1-14(2)19(13-15-8-9-15)17-7-5-4-6-16(17)12-18-10-11-20-3/h4-7,14-15,18H,8-13H2,1-3H3. The van der Waals surface area contributed by atoms with Gasteiger partial charge in [-0.15, -0.1) is 0 Å². The number of rotatable bonds is 9. The molecule has 0 saturated heterocycles. The summed E-state index contributed by atoms with van der Waals surface area (Å²) in [4.78, 5) is 2.56. The van der Waals surface area contributed by atoms with Gasteiger partial charge in [-0.1, -0.05) is 18.2 Å². The van der Waals surface area contributed by atoms with Crippen molar-refractivity contribution in [1.29, 1.82) is 0 Å². The maximum absolute atomic E-state index is 5.08. The molecule has 20 heavy (non-hydrogen) atoms. The molecule has 0 amide bonds. The fraction of sp³-hybridized carbons (Fsp3) is 0.647. The van der Waals surface area contributed by atoms with Crippen molar-refractivity contribution in [2.45, 2.75) is 39.3 Å². The Balaban J connectivity index is 2.03. The van der Waals surface area contributed by atoms with Crippen LogP contribution in [-0.2, 0) is 11.3 Å². The highest BCUT2D eigenvalue weighted by atomic mass is 16.5. The number of benzene rings is 1. The first kappa shape index (κ1) is 15.3. The van der Waals surface area contributed by atoms with E-state index in [9.17, 15) is 0 Å². The monoisotopic (exact) mass is 276 g/mol. The molecule has 1 aliphatic carbocycles. The van der Waals surface area contributed by atoms with Gasteiger partial charge >= 0.3 is 0 Å². The minimum atomic E-state index is 0.552. The molecule has 1 N–H and O–H groups in total. The smallest absolute Gasteiger partial charge is 0.0587 e. The molecule has 112 valence electrons. The lowest BCUT2D eigenvalue weighted by atomic mass is 10.1. The van der Waals surface area contributed by atoms with Gasteiger partial charge < -0.3 is 15.0 Å². The van der Waals surface area contributed by atoms with Crippen LogP contribution in [0.3, 0.4) is 0 Å². The Morgan fingerprint density at radius 2 is 2.05 bits per heavy atom. The summed E-state index contributed by atoms with van der Waals surface area (Å²) in [5.41, 5.74) is 2.78. The van der Waals surface area contributed by atoms with Crippen molar-refractivity contribution < 1.29 is 4.74 Å². The third-order valence-electron chi connectivity index (χ3n) is 3.87. The average molecular weight is 276 g/mol. The summed E-state index contributed by atoms with van der Waals surface area (Å²) in [6.45, 7) is 8.35. The Morgan fingerprint density at radius 3 is 2.70 bits per heavy atom. The van der Waals surface area contributed by atoms with E-state index in [1.807, 2.05) is 0 Å². The summed E-state index contributed by atoms with van der Waals surface area (Å²) in [6.07, 6.45) is 2.80. The Kier molecular flexibility index (Phi) is 5.86. The van der Waals surface area contributed by atoms with Crippen LogP contribution < -0.4 is 10.2 Å². The second kappa shape index (κ2) is 7.65. The second-order valence-corrected chi connectivity index (χ2v) is 5.99. The fourth-order valence-corrected chi connectivity index (χ4v) is 2.50. The molecule has 0 aliphatic heterocycles. The highest BCUT2D eigenvalue weighted by Crippen LogP contribution is 2.33. The van der Waals surface area contributed by atoms with Gasteiger partial charge in [-0.3, -0.25) is 0 Å². The molecule has 1 aromatic carbocycles. The van der Waals surface area contributed by atoms with Crippen LogP contribution >= 0.6 is 0 Å². The fourth-order valence-electron chi connectivity index (χ4n) is 2.50. The van der Waals surface area contributed by atoms with Crippen LogP contribution in [0.15, 0.2) is 24.3 Å². The second-order valence-electron chi connectivity index (χ2n) is 5.99. The van der Waals surface area contributed by atoms with Crippen molar-refractivity contribution in [1.82, 2.24) is 5.32 Å². The first-order chi connectivity index (χ1) is 9.72. The highest BCUT2D eigenvalue weighted by Gasteiger charge is 2.26. The van der Waals surface area contributed by atoms with Crippen LogP contribution in [0.2, 0.25) is 0 Å². The summed E-state index contributed by atoms with van der Waals surface area (Å²) in [5, 5.41) is 3.45. The molecular weight excluding hydrogens is 248 g/mol. The van der Waals surface area contributed by atoms with Crippen LogP contribution in [0.1, 0.15) is 32.3 Å². The lowest BCUT2D eigenvalue weighted by molar-refractivity contribution is 0.199. The summed E-state index contributed by atoms with van der Waals surface area (Å²) in [6, 6.07) is 9.33. The van der Waals surface area contributed by atoms with E-state index in [1.165, 1.54) is 30.6 Å². The number of anilines is 1. The molecule has 3 nitrogen and oxygen atoms in total. The van der Waals surface area contributed by atoms with Crippen molar-refractivity contribution in [3.63, 3.8) is 0 Å². The van der Waals surface area contributed by atoms with Gasteiger partial charge in [-0.2, -0.15) is 0 Å². The van der Waals surface area contributed by atoms with Gasteiger partial charge in [0.25, 0.3) is 0 Å². The molecule has 0 spiro atoms. The molecule has 0 unspecified atom stereocenters. The SMILES string of the molecule is COCCNCc1ccccc1N(CC1CC1)C(C)C. The molecule has 3 heteroatoms. The normalized spacial score (nSPS) is 14.8. The zero-order valence-electron chi connectivity index (χ0n) is 13.1. The van der Waals surface area contributed by atoms with Gasteiger partial charge in [-0.25, -0.2) is 0 Å². The Morgan fingerprint density at radius 1 is 1.30 bits per heavy atom. The zero-order valence-corrected chi connectivity index (χ0v) is 13.1. The van der Waals surface area contributed by atoms with E-state index < -0.39 is 0 Å². The van der Waals surface area contributed by atoms with Gasteiger partial charge in [-0.05, 0) is 44.2 Å². The van der Waals surface area contributed by atoms with Crippen molar-refractivity contribution in [2.75, 3.05) is 31.7 Å². The third-order valence-corrected chi connectivity index (χ3v) is 3.87. The van der Waals surface area contributed by atoms with Gasteiger partial charge in [0.05, 0.1) is 6.61 Å². The number of hydrogen-bond acceptors (Lipinski definition) is 3. The van der Waals surface area contributed by atoms with Crippen LogP contribution in [-0.4, -0.2) is 32.8 Å². The number of nitrogens with zero attached hydrogens (tertiary/aromatic N) is 1. The van der Waals surface area contributed by atoms with Crippen molar-refractivity contribution in [3.05, 3.63) is 29.8 Å². The van der Waals surface area contributed by atoms with Crippen LogP contribution in [0.25, 0.3) is 0 Å². The van der Waals surface area contributed by atoms with Gasteiger partial charge in [0.1, 0.15) is 0 Å². The Labute approximate surface area is 123 Å². The van der Waals surface area contributed by atoms with Crippen LogP contribution in [0, 0.1) is 5.92 Å². The van der Waals surface area contributed by atoms with E-state index in [0.717, 1.165) is 25.6 Å². The van der Waals surface area contributed by atoms with Gasteiger partial charge in [0, 0.05) is 38.5 Å². The first-order valence-electron chi connectivity index (χ1n) is 7.76. The van der Waals surface area contributed by atoms with E-state index in [0.29, 0.717) is 6.04 Å². The summed E-state index contributed by atoms with van der Waals surface area (Å²) >= 11 is 0. The maximum atomic E-state index is 5.08. The van der Waals surface area contributed by atoms with Crippen molar-refractivity contribution in [3.8, 4) is 0 Å². The molecule has 1 fully saturated rings. The first-order valence-corrected chi connectivity index (χ1v) is 7.76. The minimum Gasteiger partial charge on any atom is -0.383 e. The molecule has 1 aromatic rings. The highest BCUT2D eigenvalue weighted by molar-refractivity contribution is 5.54. The molecular formula is C17H28N2O. The number of methoxy groups -OCH3 is 1. The predicted octanol–water partition coefficient (Wildman–Crippen LogP) is 3.05. The lowest BCUT2D eigenvalue weighted by Gasteiger charge is -2.31. The number of hydrogen-bond donors (Lipinski definition) is 1. The lowest BCUT2D eigenvalue weighted by Crippen LogP contribution is -2.34. The topological polar surface area (TPSA) is 24.5 Å².